The van der Waals surface area contributed by atoms with Crippen molar-refractivity contribution in [3.8, 4) is 0 Å². The smallest absolute Gasteiger partial charge is 0.315 e. The van der Waals surface area contributed by atoms with Crippen LogP contribution in [0.25, 0.3) is 0 Å². The summed E-state index contributed by atoms with van der Waals surface area (Å²) in [6.45, 7) is 1.66. The molecule has 1 aromatic rings. The van der Waals surface area contributed by atoms with Gasteiger partial charge in [0, 0.05) is 0 Å². The Balaban J connectivity index is 2.25. The average molecular weight is 260 g/mol. The van der Waals surface area contributed by atoms with Gasteiger partial charge in [-0.25, -0.2) is 0 Å². The van der Waals surface area contributed by atoms with E-state index in [9.17, 15) is 9.59 Å². The molecule has 0 bridgehead atoms. The van der Waals surface area contributed by atoms with Crippen LogP contribution in [0.3, 0.4) is 0 Å². The quantitative estimate of drug-likeness (QED) is 0.781. The molecule has 0 aromatic heterocycles. The summed E-state index contributed by atoms with van der Waals surface area (Å²) in [5.41, 5.74) is 0.992. The zero-order valence-electron chi connectivity index (χ0n) is 11.0. The lowest BCUT2D eigenvalue weighted by Crippen LogP contribution is -2.35. The number of ether oxygens (including phenoxy) is 2. The lowest BCUT2D eigenvalue weighted by atomic mass is 9.85. The Bertz CT molecular complexity index is 504. The first-order valence-electron chi connectivity index (χ1n) is 6.13. The molecule has 0 fully saturated rings. The fourth-order valence-electron chi connectivity index (χ4n) is 2.23. The molecule has 0 spiro atoms. The van der Waals surface area contributed by atoms with Gasteiger partial charge >= 0.3 is 11.9 Å². The maximum atomic E-state index is 12.0. The van der Waals surface area contributed by atoms with Gasteiger partial charge in [-0.15, -0.1) is 0 Å². The Labute approximate surface area is 112 Å². The molecule has 4 nitrogen and oxygen atoms in total. The highest BCUT2D eigenvalue weighted by molar-refractivity contribution is 5.85. The molecule has 0 N–H and O–H groups in total. The van der Waals surface area contributed by atoms with Gasteiger partial charge in [0.2, 0.25) is 0 Å². The third kappa shape index (κ3) is 3.02. The van der Waals surface area contributed by atoms with E-state index in [1.807, 2.05) is 30.3 Å². The first-order valence-corrected chi connectivity index (χ1v) is 6.13. The van der Waals surface area contributed by atoms with Crippen LogP contribution in [0, 0.1) is 11.8 Å². The van der Waals surface area contributed by atoms with Gasteiger partial charge in [-0.2, -0.15) is 0 Å². The van der Waals surface area contributed by atoms with E-state index < -0.39 is 17.8 Å². The molecule has 19 heavy (non-hydrogen) atoms. The largest absolute Gasteiger partial charge is 0.469 e. The first-order chi connectivity index (χ1) is 9.11. The Kier molecular flexibility index (Phi) is 4.00. The summed E-state index contributed by atoms with van der Waals surface area (Å²) in [7, 11) is 1.32. The normalized spacial score (nSPS) is 22.4. The molecule has 4 heteroatoms. The molecule has 1 aliphatic rings. The number of esters is 2. The zero-order valence-corrected chi connectivity index (χ0v) is 11.0. The third-order valence-electron chi connectivity index (χ3n) is 3.18. The fourth-order valence-corrected chi connectivity index (χ4v) is 2.23. The van der Waals surface area contributed by atoms with Crippen molar-refractivity contribution in [1.82, 2.24) is 0 Å². The van der Waals surface area contributed by atoms with Crippen LogP contribution in [0.2, 0.25) is 0 Å². The van der Waals surface area contributed by atoms with Crippen molar-refractivity contribution in [3.05, 3.63) is 47.7 Å². The van der Waals surface area contributed by atoms with E-state index in [0.717, 1.165) is 5.56 Å². The topological polar surface area (TPSA) is 52.6 Å². The van der Waals surface area contributed by atoms with Crippen LogP contribution in [0.5, 0.6) is 0 Å². The molecule has 0 saturated carbocycles. The molecule has 0 radical (unpaired) electrons. The lowest BCUT2D eigenvalue weighted by Gasteiger charge is -2.26. The van der Waals surface area contributed by atoms with Crippen LogP contribution < -0.4 is 0 Å². The molecule has 100 valence electrons. The highest BCUT2D eigenvalue weighted by atomic mass is 16.5. The van der Waals surface area contributed by atoms with Crippen molar-refractivity contribution in [2.75, 3.05) is 7.11 Å². The summed E-state index contributed by atoms with van der Waals surface area (Å²) in [6.07, 6.45) is 2.12. The minimum Gasteiger partial charge on any atom is -0.469 e. The molecule has 0 aliphatic carbocycles. The summed E-state index contributed by atoms with van der Waals surface area (Å²) in [6, 6.07) is 9.56. The van der Waals surface area contributed by atoms with Gasteiger partial charge in [-0.05, 0) is 25.0 Å². The minimum atomic E-state index is -0.577. The fraction of sp³-hybridized carbons (Fsp3) is 0.333. The second kappa shape index (κ2) is 5.69. The Morgan fingerprint density at radius 3 is 2.63 bits per heavy atom. The van der Waals surface area contributed by atoms with Crippen LogP contribution in [-0.4, -0.2) is 19.0 Å². The number of carbonyl (C=O) groups is 2. The molecular formula is C15H16O4. The standard InChI is InChI=1S/C15H16O4/c1-10-8-12(14(16)18-2)13(15(17)19-10)9-11-6-4-3-5-7-11/h3-8,12-13H,9H2,1-2H3/t12-,13-/m1/s1. The number of carbonyl (C=O) groups excluding carboxylic acids is 2. The van der Waals surface area contributed by atoms with Gasteiger partial charge in [-0.1, -0.05) is 30.3 Å². The summed E-state index contributed by atoms with van der Waals surface area (Å²) >= 11 is 0. The van der Waals surface area contributed by atoms with E-state index in [4.69, 9.17) is 9.47 Å². The number of rotatable bonds is 3. The molecule has 0 saturated heterocycles. The van der Waals surface area contributed by atoms with Gasteiger partial charge in [0.15, 0.2) is 0 Å². The van der Waals surface area contributed by atoms with Gasteiger partial charge in [0.1, 0.15) is 5.76 Å². The predicted molar refractivity (Wildman–Crippen MR) is 69.0 cm³/mol. The van der Waals surface area contributed by atoms with Crippen LogP contribution in [-0.2, 0) is 25.5 Å². The lowest BCUT2D eigenvalue weighted by molar-refractivity contribution is -0.157. The second-order valence-corrected chi connectivity index (χ2v) is 4.54. The maximum Gasteiger partial charge on any atom is 0.315 e. The van der Waals surface area contributed by atoms with Crippen LogP contribution in [0.4, 0.5) is 0 Å². The number of methoxy groups -OCH3 is 1. The molecule has 1 aliphatic heterocycles. The van der Waals surface area contributed by atoms with E-state index in [2.05, 4.69) is 0 Å². The molecule has 0 unspecified atom stereocenters. The Morgan fingerprint density at radius 2 is 2.00 bits per heavy atom. The highest BCUT2D eigenvalue weighted by Gasteiger charge is 2.38. The summed E-state index contributed by atoms with van der Waals surface area (Å²) in [5, 5.41) is 0. The SMILES string of the molecule is COC(=O)[C@@H]1C=C(C)OC(=O)[C@@H]1Cc1ccccc1. The van der Waals surface area contributed by atoms with Gasteiger partial charge in [0.25, 0.3) is 0 Å². The van der Waals surface area contributed by atoms with Crippen molar-refractivity contribution in [1.29, 1.82) is 0 Å². The first kappa shape index (κ1) is 13.3. The van der Waals surface area contributed by atoms with Crippen molar-refractivity contribution in [2.24, 2.45) is 11.8 Å². The van der Waals surface area contributed by atoms with E-state index >= 15 is 0 Å². The number of hydrogen-bond donors (Lipinski definition) is 0. The molecular weight excluding hydrogens is 244 g/mol. The van der Waals surface area contributed by atoms with Gasteiger partial charge < -0.3 is 9.47 Å². The summed E-state index contributed by atoms with van der Waals surface area (Å²) < 4.78 is 9.87. The van der Waals surface area contributed by atoms with Gasteiger partial charge in [-0.3, -0.25) is 9.59 Å². The van der Waals surface area contributed by atoms with Crippen LogP contribution in [0.15, 0.2) is 42.2 Å². The molecule has 1 aromatic carbocycles. The van der Waals surface area contributed by atoms with Crippen LogP contribution in [0.1, 0.15) is 12.5 Å². The van der Waals surface area contributed by atoms with E-state index in [0.29, 0.717) is 12.2 Å². The van der Waals surface area contributed by atoms with Gasteiger partial charge in [0.05, 0.1) is 18.9 Å². The molecule has 0 amide bonds. The Morgan fingerprint density at radius 1 is 1.32 bits per heavy atom. The minimum absolute atomic E-state index is 0.376. The number of cyclic esters (lactones) is 1. The average Bonchev–Trinajstić information content (AvgIpc) is 2.42. The predicted octanol–water partition coefficient (Wildman–Crippen LogP) is 2.10. The Hall–Kier alpha value is -2.10. The third-order valence-corrected chi connectivity index (χ3v) is 3.18. The van der Waals surface area contributed by atoms with E-state index in [-0.39, 0.29) is 5.97 Å². The molecule has 2 atom stereocenters. The second-order valence-electron chi connectivity index (χ2n) is 4.54. The monoisotopic (exact) mass is 260 g/mol. The number of benzene rings is 1. The van der Waals surface area contributed by atoms with Crippen LogP contribution >= 0.6 is 0 Å². The van der Waals surface area contributed by atoms with E-state index in [1.54, 1.807) is 13.0 Å². The van der Waals surface area contributed by atoms with Crippen molar-refractivity contribution in [3.63, 3.8) is 0 Å². The zero-order chi connectivity index (χ0) is 13.8. The number of hydrogen-bond acceptors (Lipinski definition) is 4. The van der Waals surface area contributed by atoms with Crippen molar-refractivity contribution in [2.45, 2.75) is 13.3 Å². The summed E-state index contributed by atoms with van der Waals surface area (Å²) in [5.74, 6) is -1.44. The summed E-state index contributed by atoms with van der Waals surface area (Å²) in [4.78, 5) is 23.8. The van der Waals surface area contributed by atoms with Crippen molar-refractivity contribution < 1.29 is 19.1 Å². The van der Waals surface area contributed by atoms with E-state index in [1.165, 1.54) is 7.11 Å². The maximum absolute atomic E-state index is 12.0. The highest BCUT2D eigenvalue weighted by Crippen LogP contribution is 2.28. The van der Waals surface area contributed by atoms with Crippen molar-refractivity contribution >= 4 is 11.9 Å². The molecule has 1 heterocycles. The number of allylic oxidation sites excluding steroid dienone is 1. The molecule has 2 rings (SSSR count).